The first-order valence-corrected chi connectivity index (χ1v) is 8.12. The van der Waals surface area contributed by atoms with Gasteiger partial charge >= 0.3 is 0 Å². The molecule has 2 heterocycles. The zero-order valence-electron chi connectivity index (χ0n) is 13.7. The van der Waals surface area contributed by atoms with E-state index in [1.165, 1.54) is 5.56 Å². The van der Waals surface area contributed by atoms with Crippen molar-refractivity contribution in [3.05, 3.63) is 46.8 Å². The molecule has 1 aromatic heterocycles. The van der Waals surface area contributed by atoms with Gasteiger partial charge in [0.1, 0.15) is 0 Å². The molecule has 0 bridgehead atoms. The van der Waals surface area contributed by atoms with E-state index in [-0.39, 0.29) is 5.91 Å². The van der Waals surface area contributed by atoms with E-state index in [0.29, 0.717) is 18.3 Å². The summed E-state index contributed by atoms with van der Waals surface area (Å²) >= 11 is 0. The van der Waals surface area contributed by atoms with Crippen LogP contribution in [0.4, 0.5) is 0 Å². The molecule has 2 aromatic rings. The maximum absolute atomic E-state index is 12.4. The lowest BCUT2D eigenvalue weighted by Crippen LogP contribution is -2.30. The number of aryl methyl sites for hydroxylation is 1. The molecule has 1 fully saturated rings. The van der Waals surface area contributed by atoms with Gasteiger partial charge in [0, 0.05) is 6.54 Å². The van der Waals surface area contributed by atoms with E-state index in [0.717, 1.165) is 37.2 Å². The lowest BCUT2D eigenvalue weighted by Gasteiger charge is -2.23. The summed E-state index contributed by atoms with van der Waals surface area (Å²) in [6, 6.07) is 8.37. The number of amides is 1. The Labute approximate surface area is 136 Å². The molecule has 0 aliphatic carbocycles. The van der Waals surface area contributed by atoms with E-state index in [2.05, 4.69) is 20.9 Å². The Kier molecular flexibility index (Phi) is 4.71. The van der Waals surface area contributed by atoms with Crippen LogP contribution in [0.3, 0.4) is 0 Å². The van der Waals surface area contributed by atoms with Crippen LogP contribution in [0.2, 0.25) is 0 Å². The minimum absolute atomic E-state index is 0.161. The molecule has 1 aliphatic heterocycles. The summed E-state index contributed by atoms with van der Waals surface area (Å²) in [5.41, 5.74) is 3.56. The highest BCUT2D eigenvalue weighted by molar-refractivity contribution is 5.93. The van der Waals surface area contributed by atoms with E-state index >= 15 is 0 Å². The molecule has 3 rings (SSSR count). The van der Waals surface area contributed by atoms with Crippen molar-refractivity contribution in [2.24, 2.45) is 0 Å². The van der Waals surface area contributed by atoms with Crippen molar-refractivity contribution in [2.75, 3.05) is 13.1 Å². The van der Waals surface area contributed by atoms with Gasteiger partial charge in [0.25, 0.3) is 5.91 Å². The van der Waals surface area contributed by atoms with Gasteiger partial charge in [-0.2, -0.15) is 0 Å². The van der Waals surface area contributed by atoms with Gasteiger partial charge in [-0.15, -0.1) is 5.10 Å². The number of hydrogen-bond acceptors (Lipinski definition) is 4. The van der Waals surface area contributed by atoms with Gasteiger partial charge in [0.15, 0.2) is 5.69 Å². The van der Waals surface area contributed by atoms with E-state index in [4.69, 9.17) is 0 Å². The van der Waals surface area contributed by atoms with E-state index < -0.39 is 0 Å². The third-order valence-electron chi connectivity index (χ3n) is 4.50. The number of benzene rings is 1. The summed E-state index contributed by atoms with van der Waals surface area (Å²) in [7, 11) is 0. The Bertz CT molecular complexity index is 688. The summed E-state index contributed by atoms with van der Waals surface area (Å²) < 4.78 is 1.91. The van der Waals surface area contributed by atoms with E-state index in [1.807, 2.05) is 42.8 Å². The Balaban J connectivity index is 1.68. The second-order valence-electron chi connectivity index (χ2n) is 6.06. The number of nitrogens with zero attached hydrogens (tertiary/aromatic N) is 3. The van der Waals surface area contributed by atoms with Crippen LogP contribution >= 0.6 is 0 Å². The van der Waals surface area contributed by atoms with Crippen LogP contribution in [0, 0.1) is 13.8 Å². The summed E-state index contributed by atoms with van der Waals surface area (Å²) in [5.74, 6) is -0.161. The number of hydrogen-bond donors (Lipinski definition) is 2. The zero-order valence-corrected chi connectivity index (χ0v) is 13.7. The molecule has 1 aromatic carbocycles. The van der Waals surface area contributed by atoms with Crippen molar-refractivity contribution in [3.63, 3.8) is 0 Å². The van der Waals surface area contributed by atoms with Crippen LogP contribution in [-0.2, 0) is 6.54 Å². The summed E-state index contributed by atoms with van der Waals surface area (Å²) in [6.07, 6.45) is 2.04. The maximum Gasteiger partial charge on any atom is 0.274 e. The molecule has 6 heteroatoms. The molecular formula is C17H23N5O. The van der Waals surface area contributed by atoms with Gasteiger partial charge in [-0.3, -0.25) is 4.79 Å². The Hall–Kier alpha value is -2.21. The summed E-state index contributed by atoms with van der Waals surface area (Å²) in [6.45, 7) is 6.44. The molecule has 6 nitrogen and oxygen atoms in total. The van der Waals surface area contributed by atoms with Crippen LogP contribution < -0.4 is 10.6 Å². The monoisotopic (exact) mass is 313 g/mol. The van der Waals surface area contributed by atoms with E-state index in [9.17, 15) is 4.79 Å². The molecule has 1 aliphatic rings. The highest BCUT2D eigenvalue weighted by Gasteiger charge is 2.22. The zero-order chi connectivity index (χ0) is 16.2. The lowest BCUT2D eigenvalue weighted by molar-refractivity contribution is 0.0945. The standard InChI is InChI=1S/C17H23N5O/c1-12-5-3-4-6-14(12)11-19-17(23)16-13(2)22(21-20-16)15-7-9-18-10-8-15/h3-6,15,18H,7-11H2,1-2H3,(H,19,23). The molecule has 2 N–H and O–H groups in total. The van der Waals surface area contributed by atoms with Gasteiger partial charge in [0.2, 0.25) is 0 Å². The Morgan fingerprint density at radius 2 is 2.04 bits per heavy atom. The first-order chi connectivity index (χ1) is 11.2. The van der Waals surface area contributed by atoms with Crippen molar-refractivity contribution < 1.29 is 4.79 Å². The van der Waals surface area contributed by atoms with Gasteiger partial charge < -0.3 is 10.6 Å². The molecule has 0 radical (unpaired) electrons. The van der Waals surface area contributed by atoms with E-state index in [1.54, 1.807) is 0 Å². The minimum Gasteiger partial charge on any atom is -0.346 e. The average Bonchev–Trinajstić information content (AvgIpc) is 2.96. The quantitative estimate of drug-likeness (QED) is 0.902. The molecule has 0 unspecified atom stereocenters. The second kappa shape index (κ2) is 6.91. The van der Waals surface area contributed by atoms with Crippen LogP contribution in [0.5, 0.6) is 0 Å². The van der Waals surface area contributed by atoms with Gasteiger partial charge in [0.05, 0.1) is 11.7 Å². The number of aromatic nitrogens is 3. The first-order valence-electron chi connectivity index (χ1n) is 8.12. The van der Waals surface area contributed by atoms with Gasteiger partial charge in [-0.25, -0.2) is 4.68 Å². The molecule has 0 spiro atoms. The average molecular weight is 313 g/mol. The smallest absolute Gasteiger partial charge is 0.274 e. The van der Waals surface area contributed by atoms with Crippen molar-refractivity contribution >= 4 is 5.91 Å². The van der Waals surface area contributed by atoms with Crippen molar-refractivity contribution in [1.29, 1.82) is 0 Å². The maximum atomic E-state index is 12.4. The second-order valence-corrected chi connectivity index (χ2v) is 6.06. The number of rotatable bonds is 4. The number of carbonyl (C=O) groups is 1. The van der Waals surface area contributed by atoms with Crippen LogP contribution in [-0.4, -0.2) is 34.0 Å². The van der Waals surface area contributed by atoms with Crippen molar-refractivity contribution in [2.45, 2.75) is 39.3 Å². The fourth-order valence-corrected chi connectivity index (χ4v) is 3.02. The van der Waals surface area contributed by atoms with Crippen LogP contribution in [0.25, 0.3) is 0 Å². The normalized spacial score (nSPS) is 15.6. The van der Waals surface area contributed by atoms with Crippen LogP contribution in [0.15, 0.2) is 24.3 Å². The molecular weight excluding hydrogens is 290 g/mol. The van der Waals surface area contributed by atoms with Crippen molar-refractivity contribution in [3.8, 4) is 0 Å². The fraction of sp³-hybridized carbons (Fsp3) is 0.471. The highest BCUT2D eigenvalue weighted by atomic mass is 16.2. The molecule has 1 amide bonds. The minimum atomic E-state index is -0.161. The van der Waals surface area contributed by atoms with Gasteiger partial charge in [-0.1, -0.05) is 29.5 Å². The largest absolute Gasteiger partial charge is 0.346 e. The fourth-order valence-electron chi connectivity index (χ4n) is 3.02. The van der Waals surface area contributed by atoms with Crippen LogP contribution in [0.1, 0.15) is 46.2 Å². The number of piperidine rings is 1. The first kappa shape index (κ1) is 15.7. The van der Waals surface area contributed by atoms with Gasteiger partial charge in [-0.05, 0) is 50.9 Å². The molecule has 0 saturated carbocycles. The molecule has 122 valence electrons. The predicted octanol–water partition coefficient (Wildman–Crippen LogP) is 1.75. The highest BCUT2D eigenvalue weighted by Crippen LogP contribution is 2.20. The Morgan fingerprint density at radius 3 is 2.78 bits per heavy atom. The molecule has 1 saturated heterocycles. The number of nitrogens with one attached hydrogen (secondary N) is 2. The Morgan fingerprint density at radius 1 is 1.30 bits per heavy atom. The summed E-state index contributed by atoms with van der Waals surface area (Å²) in [5, 5.41) is 14.6. The third kappa shape index (κ3) is 3.42. The lowest BCUT2D eigenvalue weighted by atomic mass is 10.1. The molecule has 0 atom stereocenters. The topological polar surface area (TPSA) is 71.8 Å². The third-order valence-corrected chi connectivity index (χ3v) is 4.50. The van der Waals surface area contributed by atoms with Crippen molar-refractivity contribution in [1.82, 2.24) is 25.6 Å². The predicted molar refractivity (Wildman–Crippen MR) is 88.2 cm³/mol. The SMILES string of the molecule is Cc1ccccc1CNC(=O)c1nnn(C2CCNCC2)c1C. The molecule has 23 heavy (non-hydrogen) atoms. The number of carbonyl (C=O) groups excluding carboxylic acids is 1. The summed E-state index contributed by atoms with van der Waals surface area (Å²) in [4.78, 5) is 12.4.